The van der Waals surface area contributed by atoms with Gasteiger partial charge in [0.1, 0.15) is 6.17 Å². The van der Waals surface area contributed by atoms with Crippen LogP contribution in [0.5, 0.6) is 0 Å². The lowest BCUT2D eigenvalue weighted by Gasteiger charge is -2.23. The Balaban J connectivity index is 1.04. The van der Waals surface area contributed by atoms with Crippen LogP contribution < -0.4 is 11.1 Å². The number of pyridine rings is 1. The van der Waals surface area contributed by atoms with E-state index in [2.05, 4.69) is 20.6 Å². The van der Waals surface area contributed by atoms with E-state index in [0.717, 1.165) is 39.2 Å². The molecule has 2 unspecified atom stereocenters. The Morgan fingerprint density at radius 1 is 1.04 bits per heavy atom. The molecule has 4 aromatic heterocycles. The molecule has 1 fully saturated rings. The molecule has 244 valence electrons. The average molecular weight is 648 g/mol. The topological polar surface area (TPSA) is 146 Å². The molecule has 48 heavy (non-hydrogen) atoms. The zero-order valence-electron chi connectivity index (χ0n) is 26.5. The largest absolute Gasteiger partial charge is 0.364 e. The van der Waals surface area contributed by atoms with E-state index in [9.17, 15) is 14.0 Å². The number of hydrogen-bond acceptors (Lipinski definition) is 8. The highest BCUT2D eigenvalue weighted by Crippen LogP contribution is 2.30. The standard InChI is InChI=1S/C35H34FN9O3/c1-21-14-28(34-41-31(22(2)44(34)18-21)23-6-4-3-5-7-23)40-35(47)30-16-26(36)19-43(30)20-48-13-12-45-29-9-8-24(25-10-11-38-39-17-25)15-27(29)32(42-45)33(37)46/h3-11,14-15,17-18,26,30H,12-13,16,19-20H2,1-2H3,(H2,37,46)(H,40,47). The molecule has 2 aromatic carbocycles. The van der Waals surface area contributed by atoms with Crippen LogP contribution in [0.4, 0.5) is 10.1 Å². The molecule has 6 aromatic rings. The number of carbonyl (C=O) groups excluding carboxylic acids is 2. The van der Waals surface area contributed by atoms with Crippen molar-refractivity contribution in [1.29, 1.82) is 0 Å². The van der Waals surface area contributed by atoms with Crippen LogP contribution in [-0.2, 0) is 16.1 Å². The summed E-state index contributed by atoms with van der Waals surface area (Å²) < 4.78 is 24.3. The average Bonchev–Trinajstić information content (AvgIpc) is 3.76. The van der Waals surface area contributed by atoms with Gasteiger partial charge in [-0.2, -0.15) is 15.3 Å². The Morgan fingerprint density at radius 2 is 1.88 bits per heavy atom. The lowest BCUT2D eigenvalue weighted by atomic mass is 10.1. The number of rotatable bonds is 10. The number of fused-ring (bicyclic) bond motifs is 2. The number of alkyl halides is 1. The first-order chi connectivity index (χ1) is 23.3. The Labute approximate surface area is 275 Å². The number of anilines is 1. The molecule has 1 aliphatic rings. The third kappa shape index (κ3) is 6.00. The number of nitrogens with two attached hydrogens (primary N) is 1. The first-order valence-electron chi connectivity index (χ1n) is 15.7. The summed E-state index contributed by atoms with van der Waals surface area (Å²) in [5.74, 6) is -0.963. The van der Waals surface area contributed by atoms with E-state index < -0.39 is 18.1 Å². The van der Waals surface area contributed by atoms with Crippen molar-refractivity contribution in [3.63, 3.8) is 0 Å². The summed E-state index contributed by atoms with van der Waals surface area (Å²) in [6.07, 6.45) is 4.11. The van der Waals surface area contributed by atoms with Crippen LogP contribution in [0, 0.1) is 13.8 Å². The molecule has 2 amide bonds. The highest BCUT2D eigenvalue weighted by atomic mass is 19.1. The van der Waals surface area contributed by atoms with Crippen LogP contribution in [0.25, 0.3) is 38.9 Å². The number of imidazole rings is 1. The lowest BCUT2D eigenvalue weighted by molar-refractivity contribution is -0.122. The second kappa shape index (κ2) is 12.9. The molecule has 12 nitrogen and oxygen atoms in total. The van der Waals surface area contributed by atoms with Gasteiger partial charge in [0, 0.05) is 41.4 Å². The minimum absolute atomic E-state index is 0.0451. The maximum absolute atomic E-state index is 14.7. The van der Waals surface area contributed by atoms with E-state index in [0.29, 0.717) is 23.3 Å². The van der Waals surface area contributed by atoms with E-state index in [1.54, 1.807) is 22.0 Å². The Morgan fingerprint density at radius 3 is 2.65 bits per heavy atom. The van der Waals surface area contributed by atoms with E-state index in [1.165, 1.54) is 0 Å². The predicted octanol–water partition coefficient (Wildman–Crippen LogP) is 4.55. The van der Waals surface area contributed by atoms with Gasteiger partial charge < -0.3 is 20.2 Å². The SMILES string of the molecule is Cc1cc(NC(=O)C2CC(F)CN2COCCn2nc(C(N)=O)c3cc(-c4ccnnc4)ccc32)c2nc(-c3ccccc3)c(C)n2c1. The van der Waals surface area contributed by atoms with Crippen molar-refractivity contribution < 1.29 is 18.7 Å². The quantitative estimate of drug-likeness (QED) is 0.206. The maximum Gasteiger partial charge on any atom is 0.269 e. The number of benzene rings is 2. The number of nitrogens with zero attached hydrogens (tertiary/aromatic N) is 7. The number of amides is 2. The molecular formula is C35H34FN9O3. The number of nitrogens with one attached hydrogen (secondary N) is 1. The molecule has 5 heterocycles. The molecule has 7 rings (SSSR count). The number of hydrogen-bond donors (Lipinski definition) is 2. The van der Waals surface area contributed by atoms with E-state index in [-0.39, 0.29) is 37.9 Å². The van der Waals surface area contributed by atoms with Gasteiger partial charge in [0.15, 0.2) is 11.3 Å². The first-order valence-corrected chi connectivity index (χ1v) is 15.7. The molecule has 0 aliphatic carbocycles. The summed E-state index contributed by atoms with van der Waals surface area (Å²) in [5, 5.41) is 15.8. The normalized spacial score (nSPS) is 16.6. The summed E-state index contributed by atoms with van der Waals surface area (Å²) in [6, 6.07) is 18.5. The summed E-state index contributed by atoms with van der Waals surface area (Å²) in [7, 11) is 0. The number of aromatic nitrogens is 6. The van der Waals surface area contributed by atoms with Gasteiger partial charge in [-0.05, 0) is 49.2 Å². The van der Waals surface area contributed by atoms with Crippen LogP contribution >= 0.6 is 0 Å². The van der Waals surface area contributed by atoms with E-state index >= 15 is 0 Å². The molecule has 0 spiro atoms. The van der Waals surface area contributed by atoms with Gasteiger partial charge in [0.2, 0.25) is 5.91 Å². The monoisotopic (exact) mass is 647 g/mol. The first kappa shape index (κ1) is 31.1. The van der Waals surface area contributed by atoms with Gasteiger partial charge >= 0.3 is 0 Å². The summed E-state index contributed by atoms with van der Waals surface area (Å²) in [6.45, 7) is 4.59. The van der Waals surface area contributed by atoms with Crippen molar-refractivity contribution >= 4 is 34.1 Å². The van der Waals surface area contributed by atoms with E-state index in [1.807, 2.05) is 85.1 Å². The second-order valence-corrected chi connectivity index (χ2v) is 12.0. The van der Waals surface area contributed by atoms with Crippen LogP contribution in [0.1, 0.15) is 28.2 Å². The van der Waals surface area contributed by atoms with Gasteiger partial charge in [-0.15, -0.1) is 0 Å². The third-order valence-corrected chi connectivity index (χ3v) is 8.66. The third-order valence-electron chi connectivity index (χ3n) is 8.66. The minimum atomic E-state index is -1.17. The molecule has 3 N–H and O–H groups in total. The maximum atomic E-state index is 14.7. The zero-order chi connectivity index (χ0) is 33.4. The fourth-order valence-electron chi connectivity index (χ4n) is 6.34. The minimum Gasteiger partial charge on any atom is -0.364 e. The van der Waals surface area contributed by atoms with Gasteiger partial charge in [-0.3, -0.25) is 19.2 Å². The fourth-order valence-corrected chi connectivity index (χ4v) is 6.34. The zero-order valence-corrected chi connectivity index (χ0v) is 26.5. The van der Waals surface area contributed by atoms with Crippen molar-refractivity contribution in [3.8, 4) is 22.4 Å². The van der Waals surface area contributed by atoms with Crippen LogP contribution in [0.3, 0.4) is 0 Å². The van der Waals surface area contributed by atoms with E-state index in [4.69, 9.17) is 15.5 Å². The molecule has 2 atom stereocenters. The van der Waals surface area contributed by atoms with Gasteiger partial charge in [-0.25, -0.2) is 9.37 Å². The second-order valence-electron chi connectivity index (χ2n) is 12.0. The van der Waals surface area contributed by atoms with Gasteiger partial charge in [0.05, 0.1) is 55.2 Å². The Bertz CT molecular complexity index is 2130. The van der Waals surface area contributed by atoms with Crippen molar-refractivity contribution in [2.45, 2.75) is 39.0 Å². The van der Waals surface area contributed by atoms with Crippen molar-refractivity contribution in [1.82, 2.24) is 34.3 Å². The fraction of sp³-hybridized carbons (Fsp3) is 0.257. The van der Waals surface area contributed by atoms with Crippen LogP contribution in [-0.4, -0.2) is 78.2 Å². The molecule has 0 saturated carbocycles. The van der Waals surface area contributed by atoms with Gasteiger partial charge in [0.25, 0.3) is 5.91 Å². The smallest absolute Gasteiger partial charge is 0.269 e. The molecule has 0 radical (unpaired) electrons. The highest BCUT2D eigenvalue weighted by Gasteiger charge is 2.37. The summed E-state index contributed by atoms with van der Waals surface area (Å²) in [5.41, 5.74) is 13.1. The number of aryl methyl sites for hydroxylation is 2. The number of ether oxygens (including phenoxy) is 1. The number of carbonyl (C=O) groups is 2. The molecule has 1 aliphatic heterocycles. The molecule has 1 saturated heterocycles. The van der Waals surface area contributed by atoms with Gasteiger partial charge in [-0.1, -0.05) is 36.4 Å². The molecular weight excluding hydrogens is 613 g/mol. The predicted molar refractivity (Wildman–Crippen MR) is 179 cm³/mol. The summed E-state index contributed by atoms with van der Waals surface area (Å²) >= 11 is 0. The Kier molecular flexibility index (Phi) is 8.38. The van der Waals surface area contributed by atoms with Crippen molar-refractivity contribution in [3.05, 3.63) is 96.2 Å². The number of halogens is 1. The van der Waals surface area contributed by atoms with Crippen molar-refractivity contribution in [2.24, 2.45) is 5.73 Å². The van der Waals surface area contributed by atoms with Crippen LogP contribution in [0.2, 0.25) is 0 Å². The highest BCUT2D eigenvalue weighted by molar-refractivity contribution is 6.05. The number of likely N-dealkylation sites (tertiary alicyclic amines) is 1. The summed E-state index contributed by atoms with van der Waals surface area (Å²) in [4.78, 5) is 32.4. The molecule has 13 heteroatoms. The van der Waals surface area contributed by atoms with Crippen molar-refractivity contribution in [2.75, 3.05) is 25.2 Å². The molecule has 0 bridgehead atoms. The lowest BCUT2D eigenvalue weighted by Crippen LogP contribution is -2.41. The Hall–Kier alpha value is -5.53. The van der Waals surface area contributed by atoms with Crippen LogP contribution in [0.15, 0.2) is 79.3 Å². The number of primary amides is 1.